The molecule has 0 bridgehead atoms. The number of methoxy groups -OCH3 is 3. The highest BCUT2D eigenvalue weighted by Crippen LogP contribution is 2.27. The first-order valence-electron chi connectivity index (χ1n) is 8.39. The molecule has 1 aliphatic rings. The number of likely N-dealkylation sites (tertiary alicyclic amines) is 1. The van der Waals surface area contributed by atoms with Crippen molar-refractivity contribution < 1.29 is 19.0 Å². The van der Waals surface area contributed by atoms with Crippen LogP contribution in [0.2, 0.25) is 0 Å². The Morgan fingerprint density at radius 2 is 1.88 bits per heavy atom. The summed E-state index contributed by atoms with van der Waals surface area (Å²) in [5.41, 5.74) is 0.588. The largest absolute Gasteiger partial charge is 0.493 e. The molecule has 134 valence electrons. The summed E-state index contributed by atoms with van der Waals surface area (Å²) in [6.45, 7) is 4.62. The molecule has 2 rings (SSSR count). The highest BCUT2D eigenvalue weighted by atomic mass is 16.5. The molecule has 1 aromatic carbocycles. The summed E-state index contributed by atoms with van der Waals surface area (Å²) < 4.78 is 15.6. The number of benzene rings is 1. The van der Waals surface area contributed by atoms with E-state index in [9.17, 15) is 4.79 Å². The zero-order chi connectivity index (χ0) is 17.4. The Balaban J connectivity index is 1.79. The highest BCUT2D eigenvalue weighted by molar-refractivity contribution is 5.94. The number of rotatable bonds is 8. The highest BCUT2D eigenvalue weighted by Gasteiger charge is 2.20. The zero-order valence-electron chi connectivity index (χ0n) is 14.8. The van der Waals surface area contributed by atoms with Gasteiger partial charge in [-0.05, 0) is 50.0 Å². The summed E-state index contributed by atoms with van der Waals surface area (Å²) in [5, 5.41) is 3.04. The fourth-order valence-corrected chi connectivity index (χ4v) is 2.95. The van der Waals surface area contributed by atoms with Crippen LogP contribution in [0.15, 0.2) is 18.2 Å². The summed E-state index contributed by atoms with van der Waals surface area (Å²) in [5.74, 6) is 1.65. The van der Waals surface area contributed by atoms with Gasteiger partial charge in [0.15, 0.2) is 11.5 Å². The van der Waals surface area contributed by atoms with Crippen LogP contribution in [-0.2, 0) is 4.74 Å². The number of nitrogens with one attached hydrogen (secondary N) is 1. The van der Waals surface area contributed by atoms with Crippen LogP contribution in [0.5, 0.6) is 11.5 Å². The van der Waals surface area contributed by atoms with Gasteiger partial charge in [-0.25, -0.2) is 0 Å². The topological polar surface area (TPSA) is 60.0 Å². The first kappa shape index (κ1) is 18.5. The predicted molar refractivity (Wildman–Crippen MR) is 92.9 cm³/mol. The van der Waals surface area contributed by atoms with Crippen LogP contribution >= 0.6 is 0 Å². The van der Waals surface area contributed by atoms with Crippen molar-refractivity contribution in [1.82, 2.24) is 10.2 Å². The van der Waals surface area contributed by atoms with Crippen molar-refractivity contribution in [3.05, 3.63) is 23.8 Å². The Kier molecular flexibility index (Phi) is 7.34. The molecule has 1 heterocycles. The minimum Gasteiger partial charge on any atom is -0.493 e. The summed E-state index contributed by atoms with van der Waals surface area (Å²) in [7, 11) is 4.88. The van der Waals surface area contributed by atoms with Crippen molar-refractivity contribution in [2.45, 2.75) is 12.8 Å². The van der Waals surface area contributed by atoms with E-state index in [0.717, 1.165) is 39.1 Å². The van der Waals surface area contributed by atoms with Gasteiger partial charge in [0.25, 0.3) is 5.91 Å². The molecule has 1 fully saturated rings. The molecule has 0 atom stereocenters. The SMILES string of the molecule is COCCN1CCC(CNC(=O)c2ccc(OC)c(OC)c2)CC1. The normalized spacial score (nSPS) is 16.0. The summed E-state index contributed by atoms with van der Waals surface area (Å²) in [4.78, 5) is 14.7. The van der Waals surface area contributed by atoms with Gasteiger partial charge >= 0.3 is 0 Å². The number of hydrogen-bond donors (Lipinski definition) is 1. The number of nitrogens with zero attached hydrogens (tertiary/aromatic N) is 1. The van der Waals surface area contributed by atoms with Gasteiger partial charge in [-0.15, -0.1) is 0 Å². The molecule has 0 aliphatic carbocycles. The molecular formula is C18H28N2O4. The van der Waals surface area contributed by atoms with Crippen molar-refractivity contribution in [1.29, 1.82) is 0 Å². The molecule has 1 aliphatic heterocycles. The van der Waals surface area contributed by atoms with Gasteiger partial charge in [-0.1, -0.05) is 0 Å². The molecule has 1 amide bonds. The molecular weight excluding hydrogens is 308 g/mol. The predicted octanol–water partition coefficient (Wildman–Crippen LogP) is 1.79. The van der Waals surface area contributed by atoms with Crippen LogP contribution in [0.3, 0.4) is 0 Å². The molecule has 1 aromatic rings. The Hall–Kier alpha value is -1.79. The second-order valence-corrected chi connectivity index (χ2v) is 6.06. The second-order valence-electron chi connectivity index (χ2n) is 6.06. The minimum atomic E-state index is -0.0715. The van der Waals surface area contributed by atoms with E-state index in [2.05, 4.69) is 10.2 Å². The third-order valence-electron chi connectivity index (χ3n) is 4.52. The Morgan fingerprint density at radius 1 is 1.17 bits per heavy atom. The number of amides is 1. The van der Waals surface area contributed by atoms with Crippen LogP contribution in [-0.4, -0.2) is 64.9 Å². The molecule has 24 heavy (non-hydrogen) atoms. The lowest BCUT2D eigenvalue weighted by Crippen LogP contribution is -2.39. The number of hydrogen-bond acceptors (Lipinski definition) is 5. The first-order valence-corrected chi connectivity index (χ1v) is 8.39. The fourth-order valence-electron chi connectivity index (χ4n) is 2.95. The van der Waals surface area contributed by atoms with Crippen LogP contribution in [0.25, 0.3) is 0 Å². The molecule has 0 radical (unpaired) electrons. The van der Waals surface area contributed by atoms with Gasteiger partial charge in [-0.3, -0.25) is 4.79 Å². The van der Waals surface area contributed by atoms with Crippen molar-refractivity contribution in [3.63, 3.8) is 0 Å². The van der Waals surface area contributed by atoms with E-state index in [0.29, 0.717) is 29.5 Å². The minimum absolute atomic E-state index is 0.0715. The molecule has 0 spiro atoms. The van der Waals surface area contributed by atoms with E-state index in [1.807, 2.05) is 0 Å². The van der Waals surface area contributed by atoms with Crippen LogP contribution in [0, 0.1) is 5.92 Å². The monoisotopic (exact) mass is 336 g/mol. The van der Waals surface area contributed by atoms with E-state index < -0.39 is 0 Å². The Morgan fingerprint density at radius 3 is 2.50 bits per heavy atom. The van der Waals surface area contributed by atoms with Crippen LogP contribution in [0.1, 0.15) is 23.2 Å². The quantitative estimate of drug-likeness (QED) is 0.784. The zero-order valence-corrected chi connectivity index (χ0v) is 14.8. The van der Waals surface area contributed by atoms with Gasteiger partial charge in [0.05, 0.1) is 20.8 Å². The fraction of sp³-hybridized carbons (Fsp3) is 0.611. The molecule has 1 N–H and O–H groups in total. The Labute approximate surface area is 144 Å². The van der Waals surface area contributed by atoms with E-state index in [4.69, 9.17) is 14.2 Å². The number of carbonyl (C=O) groups excluding carboxylic acids is 1. The van der Waals surface area contributed by atoms with Crippen molar-refractivity contribution >= 4 is 5.91 Å². The number of piperidine rings is 1. The molecule has 0 unspecified atom stereocenters. The standard InChI is InChI=1S/C18H28N2O4/c1-22-11-10-20-8-6-14(7-9-20)13-19-18(21)15-4-5-16(23-2)17(12-15)24-3/h4-5,12,14H,6-11,13H2,1-3H3,(H,19,21). The van der Waals surface area contributed by atoms with Gasteiger partial charge < -0.3 is 24.4 Å². The second kappa shape index (κ2) is 9.49. The summed E-state index contributed by atoms with van der Waals surface area (Å²) in [6.07, 6.45) is 2.21. The van der Waals surface area contributed by atoms with Crippen LogP contribution < -0.4 is 14.8 Å². The third kappa shape index (κ3) is 5.11. The van der Waals surface area contributed by atoms with E-state index in [1.54, 1.807) is 39.5 Å². The molecule has 0 aromatic heterocycles. The first-order chi connectivity index (χ1) is 11.7. The smallest absolute Gasteiger partial charge is 0.251 e. The van der Waals surface area contributed by atoms with E-state index in [-0.39, 0.29) is 5.91 Å². The van der Waals surface area contributed by atoms with Gasteiger partial charge in [0.2, 0.25) is 0 Å². The maximum absolute atomic E-state index is 12.3. The summed E-state index contributed by atoms with van der Waals surface area (Å²) in [6, 6.07) is 5.22. The number of carbonyl (C=O) groups is 1. The maximum atomic E-state index is 12.3. The lowest BCUT2D eigenvalue weighted by Gasteiger charge is -2.31. The molecule has 1 saturated heterocycles. The number of ether oxygens (including phenoxy) is 3. The lowest BCUT2D eigenvalue weighted by atomic mass is 9.96. The average Bonchev–Trinajstić information content (AvgIpc) is 2.64. The van der Waals surface area contributed by atoms with Crippen molar-refractivity contribution in [3.8, 4) is 11.5 Å². The van der Waals surface area contributed by atoms with E-state index >= 15 is 0 Å². The van der Waals surface area contributed by atoms with Crippen molar-refractivity contribution in [2.75, 3.05) is 54.1 Å². The molecule has 0 saturated carbocycles. The average molecular weight is 336 g/mol. The summed E-state index contributed by atoms with van der Waals surface area (Å²) >= 11 is 0. The Bertz CT molecular complexity index is 528. The van der Waals surface area contributed by atoms with Crippen LogP contribution in [0.4, 0.5) is 0 Å². The molecule has 6 heteroatoms. The van der Waals surface area contributed by atoms with Gasteiger partial charge in [-0.2, -0.15) is 0 Å². The maximum Gasteiger partial charge on any atom is 0.251 e. The lowest BCUT2D eigenvalue weighted by molar-refractivity contribution is 0.0925. The van der Waals surface area contributed by atoms with Gasteiger partial charge in [0.1, 0.15) is 0 Å². The van der Waals surface area contributed by atoms with Gasteiger partial charge in [0, 0.05) is 25.8 Å². The van der Waals surface area contributed by atoms with Crippen molar-refractivity contribution in [2.24, 2.45) is 5.92 Å². The third-order valence-corrected chi connectivity index (χ3v) is 4.52. The molecule has 6 nitrogen and oxygen atoms in total. The van der Waals surface area contributed by atoms with E-state index in [1.165, 1.54) is 0 Å².